The number of carbonyl (C=O) groups excluding carboxylic acids is 2. The van der Waals surface area contributed by atoms with E-state index in [-0.39, 0.29) is 24.3 Å². The number of amides is 2. The molecule has 9 heteroatoms. The zero-order valence-corrected chi connectivity index (χ0v) is 17.6. The highest BCUT2D eigenvalue weighted by atomic mass is 16.5. The number of benzene rings is 1. The maximum Gasteiger partial charge on any atom is 0.253 e. The van der Waals surface area contributed by atoms with Crippen LogP contribution >= 0.6 is 0 Å². The molecule has 9 nitrogen and oxygen atoms in total. The summed E-state index contributed by atoms with van der Waals surface area (Å²) in [6.07, 6.45) is 3.59. The first kappa shape index (κ1) is 19.5. The molecule has 0 N–H and O–H groups in total. The molecule has 3 aromatic rings. The average Bonchev–Trinajstić information content (AvgIpc) is 3.51. The van der Waals surface area contributed by atoms with E-state index in [1.165, 1.54) is 0 Å². The van der Waals surface area contributed by atoms with Crippen LogP contribution in [-0.2, 0) is 16.8 Å². The quantitative estimate of drug-likeness (QED) is 0.634. The first-order valence-electron chi connectivity index (χ1n) is 10.4. The average molecular weight is 420 g/mol. The van der Waals surface area contributed by atoms with Crippen LogP contribution in [0.2, 0.25) is 0 Å². The molecule has 31 heavy (non-hydrogen) atoms. The summed E-state index contributed by atoms with van der Waals surface area (Å²) >= 11 is 0. The van der Waals surface area contributed by atoms with E-state index in [0.717, 1.165) is 5.56 Å². The number of hydrogen-bond donors (Lipinski definition) is 0. The fourth-order valence-corrected chi connectivity index (χ4v) is 4.77. The lowest BCUT2D eigenvalue weighted by atomic mass is 9.81. The maximum absolute atomic E-state index is 13.1. The number of nitrogens with zero attached hydrogens (tertiary/aromatic N) is 6. The minimum Gasteiger partial charge on any atom is -0.340 e. The highest BCUT2D eigenvalue weighted by molar-refractivity contribution is 5.94. The van der Waals surface area contributed by atoms with Crippen molar-refractivity contribution in [2.45, 2.75) is 25.8 Å². The highest BCUT2D eigenvalue weighted by Crippen LogP contribution is 2.44. The molecular formula is C22H24N6O3. The first-order chi connectivity index (χ1) is 14.9. The van der Waals surface area contributed by atoms with E-state index in [4.69, 9.17) is 4.52 Å². The minimum absolute atomic E-state index is 0.00551. The summed E-state index contributed by atoms with van der Waals surface area (Å²) < 4.78 is 7.24. The Morgan fingerprint density at radius 1 is 1.13 bits per heavy atom. The Kier molecular flexibility index (Phi) is 4.60. The second-order valence-corrected chi connectivity index (χ2v) is 8.54. The van der Waals surface area contributed by atoms with E-state index in [1.807, 2.05) is 53.3 Å². The highest BCUT2D eigenvalue weighted by Gasteiger charge is 2.58. The number of carbonyl (C=O) groups is 2. The van der Waals surface area contributed by atoms with E-state index in [1.54, 1.807) is 17.8 Å². The van der Waals surface area contributed by atoms with Crippen molar-refractivity contribution in [2.75, 3.05) is 26.2 Å². The third-order valence-corrected chi connectivity index (χ3v) is 6.28. The Labute approximate surface area is 179 Å². The van der Waals surface area contributed by atoms with Crippen LogP contribution in [0.15, 0.2) is 47.2 Å². The van der Waals surface area contributed by atoms with Gasteiger partial charge in [0.05, 0.1) is 11.6 Å². The van der Waals surface area contributed by atoms with E-state index in [9.17, 15) is 9.59 Å². The lowest BCUT2D eigenvalue weighted by Gasteiger charge is -2.26. The van der Waals surface area contributed by atoms with Crippen LogP contribution < -0.4 is 0 Å². The normalized spacial score (nSPS) is 22.7. The number of rotatable bonds is 4. The Morgan fingerprint density at radius 3 is 2.55 bits per heavy atom. The van der Waals surface area contributed by atoms with E-state index < -0.39 is 5.41 Å². The Hall–Kier alpha value is -3.49. The number of aromatic nitrogens is 4. The van der Waals surface area contributed by atoms with Crippen LogP contribution in [0.1, 0.15) is 27.6 Å². The molecule has 0 spiro atoms. The zero-order valence-electron chi connectivity index (χ0n) is 17.6. The monoisotopic (exact) mass is 420 g/mol. The summed E-state index contributed by atoms with van der Waals surface area (Å²) in [6, 6.07) is 9.25. The standard InChI is InChI=1S/C22H24N6O3/c1-15-8-23-28(9-15)12-19(29)26-10-18-11-27(20(30)17-6-4-3-5-7-17)14-22(18,13-26)21-24-16(2)25-31-21/h3-9,18H,10-14H2,1-2H3/t18-,22-/m0/s1. The molecule has 2 aliphatic rings. The van der Waals surface area contributed by atoms with Crippen LogP contribution in [0.4, 0.5) is 0 Å². The van der Waals surface area contributed by atoms with E-state index >= 15 is 0 Å². The van der Waals surface area contributed by atoms with E-state index in [2.05, 4.69) is 15.2 Å². The molecule has 0 saturated carbocycles. The van der Waals surface area contributed by atoms with Crippen LogP contribution in [0, 0.1) is 19.8 Å². The summed E-state index contributed by atoms with van der Waals surface area (Å²) in [7, 11) is 0. The van der Waals surface area contributed by atoms with Gasteiger partial charge in [0.15, 0.2) is 5.82 Å². The molecule has 160 valence electrons. The third-order valence-electron chi connectivity index (χ3n) is 6.28. The molecule has 4 heterocycles. The van der Waals surface area contributed by atoms with Gasteiger partial charge in [0.2, 0.25) is 11.8 Å². The zero-order chi connectivity index (χ0) is 21.6. The van der Waals surface area contributed by atoms with Crippen molar-refractivity contribution in [3.8, 4) is 0 Å². The van der Waals surface area contributed by atoms with E-state index in [0.29, 0.717) is 43.5 Å². The van der Waals surface area contributed by atoms with Crippen molar-refractivity contribution in [3.63, 3.8) is 0 Å². The molecule has 2 aromatic heterocycles. The van der Waals surface area contributed by atoms with Crippen molar-refractivity contribution < 1.29 is 14.1 Å². The summed E-state index contributed by atoms with van der Waals surface area (Å²) in [5.41, 5.74) is 1.11. The van der Waals surface area contributed by atoms with Crippen molar-refractivity contribution in [1.29, 1.82) is 0 Å². The Bertz CT molecular complexity index is 1120. The molecule has 2 atom stereocenters. The van der Waals surface area contributed by atoms with Gasteiger partial charge in [-0.2, -0.15) is 10.1 Å². The first-order valence-corrected chi connectivity index (χ1v) is 10.4. The lowest BCUT2D eigenvalue weighted by Crippen LogP contribution is -2.42. The van der Waals surface area contributed by atoms with Gasteiger partial charge >= 0.3 is 0 Å². The molecule has 2 saturated heterocycles. The minimum atomic E-state index is -0.554. The molecule has 0 aliphatic carbocycles. The number of hydrogen-bond acceptors (Lipinski definition) is 6. The predicted octanol–water partition coefficient (Wildman–Crippen LogP) is 1.44. The molecule has 2 fully saturated rings. The topological polar surface area (TPSA) is 97.4 Å². The Balaban J connectivity index is 1.39. The van der Waals surface area contributed by atoms with Crippen molar-refractivity contribution in [1.82, 2.24) is 29.7 Å². The Morgan fingerprint density at radius 2 is 1.87 bits per heavy atom. The van der Waals surface area contributed by atoms with Gasteiger partial charge in [-0.15, -0.1) is 0 Å². The van der Waals surface area contributed by atoms with Gasteiger partial charge in [-0.3, -0.25) is 14.3 Å². The molecule has 0 radical (unpaired) electrons. The molecular weight excluding hydrogens is 396 g/mol. The third kappa shape index (κ3) is 3.39. The largest absolute Gasteiger partial charge is 0.340 e. The van der Waals surface area contributed by atoms with Gasteiger partial charge in [-0.1, -0.05) is 23.4 Å². The number of aryl methyl sites for hydroxylation is 2. The SMILES string of the molecule is Cc1cnn(CC(=O)N2C[C@H]3CN(C(=O)c4ccccc4)C[C@@]3(c3nc(C)no3)C2)c1. The van der Waals surface area contributed by atoms with Gasteiger partial charge in [0, 0.05) is 43.9 Å². The fourth-order valence-electron chi connectivity index (χ4n) is 4.77. The van der Waals surface area contributed by atoms with Crippen molar-refractivity contribution in [3.05, 3.63) is 65.6 Å². The van der Waals surface area contributed by atoms with Gasteiger partial charge in [0.25, 0.3) is 5.91 Å². The molecule has 0 bridgehead atoms. The summed E-state index contributed by atoms with van der Waals surface area (Å²) in [5, 5.41) is 8.20. The molecule has 5 rings (SSSR count). The van der Waals surface area contributed by atoms with Gasteiger partial charge in [0.1, 0.15) is 6.54 Å². The van der Waals surface area contributed by atoms with Crippen LogP contribution in [-0.4, -0.2) is 67.7 Å². The summed E-state index contributed by atoms with van der Waals surface area (Å²) in [4.78, 5) is 34.3. The van der Waals surface area contributed by atoms with Crippen molar-refractivity contribution in [2.24, 2.45) is 5.92 Å². The van der Waals surface area contributed by atoms with Gasteiger partial charge in [-0.05, 0) is 31.5 Å². The summed E-state index contributed by atoms with van der Waals surface area (Å²) in [6.45, 7) is 5.87. The molecule has 2 amide bonds. The lowest BCUT2D eigenvalue weighted by molar-refractivity contribution is -0.131. The van der Waals surface area contributed by atoms with Gasteiger partial charge < -0.3 is 14.3 Å². The number of likely N-dealkylation sites (tertiary alicyclic amines) is 2. The van der Waals surface area contributed by atoms with Crippen molar-refractivity contribution >= 4 is 11.8 Å². The van der Waals surface area contributed by atoms with Crippen LogP contribution in [0.3, 0.4) is 0 Å². The van der Waals surface area contributed by atoms with Crippen LogP contribution in [0.5, 0.6) is 0 Å². The maximum atomic E-state index is 13.1. The fraction of sp³-hybridized carbons (Fsp3) is 0.409. The molecule has 0 unspecified atom stereocenters. The predicted molar refractivity (Wildman–Crippen MR) is 110 cm³/mol. The second-order valence-electron chi connectivity index (χ2n) is 8.54. The van der Waals surface area contributed by atoms with Gasteiger partial charge in [-0.25, -0.2) is 0 Å². The second kappa shape index (κ2) is 7.33. The summed E-state index contributed by atoms with van der Waals surface area (Å²) in [5.74, 6) is 1.06. The smallest absolute Gasteiger partial charge is 0.253 e. The molecule has 2 aliphatic heterocycles. The van der Waals surface area contributed by atoms with Crippen LogP contribution in [0.25, 0.3) is 0 Å². The number of fused-ring (bicyclic) bond motifs is 1. The molecule has 1 aromatic carbocycles.